The van der Waals surface area contributed by atoms with Crippen LogP contribution in [0.5, 0.6) is 0 Å². The molecule has 0 saturated carbocycles. The lowest BCUT2D eigenvalue weighted by atomic mass is 10.1. The average molecular weight is 301 g/mol. The van der Waals surface area contributed by atoms with Crippen molar-refractivity contribution in [1.82, 2.24) is 9.97 Å². The molecule has 1 aromatic heterocycles. The number of hydrogen-bond acceptors (Lipinski definition) is 6. The second-order valence-corrected chi connectivity index (χ2v) is 4.86. The fourth-order valence-electron chi connectivity index (χ4n) is 2.02. The van der Waals surface area contributed by atoms with Gasteiger partial charge in [0.05, 0.1) is 4.92 Å². The van der Waals surface area contributed by atoms with Crippen molar-refractivity contribution in [3.05, 3.63) is 46.1 Å². The number of aromatic nitrogens is 2. The first kappa shape index (κ1) is 15.7. The van der Waals surface area contributed by atoms with Crippen LogP contribution in [0.15, 0.2) is 30.5 Å². The van der Waals surface area contributed by atoms with E-state index in [1.165, 1.54) is 24.6 Å². The van der Waals surface area contributed by atoms with Gasteiger partial charge in [-0.2, -0.15) is 4.98 Å². The highest BCUT2D eigenvalue weighted by atomic mass is 16.6. The molecule has 116 valence electrons. The highest BCUT2D eigenvalue weighted by Crippen LogP contribution is 2.23. The van der Waals surface area contributed by atoms with Gasteiger partial charge in [0.1, 0.15) is 6.20 Å². The fourth-order valence-corrected chi connectivity index (χ4v) is 2.02. The average Bonchev–Trinajstić information content (AvgIpc) is 2.54. The van der Waals surface area contributed by atoms with Crippen molar-refractivity contribution >= 4 is 23.1 Å². The zero-order valence-electron chi connectivity index (χ0n) is 12.7. The van der Waals surface area contributed by atoms with Gasteiger partial charge in [0.15, 0.2) is 0 Å². The highest BCUT2D eigenvalue weighted by Gasteiger charge is 2.15. The second kappa shape index (κ2) is 7.35. The van der Waals surface area contributed by atoms with Gasteiger partial charge in [0.2, 0.25) is 11.8 Å². The number of nitro groups is 1. The largest absolute Gasteiger partial charge is 0.367 e. The van der Waals surface area contributed by atoms with Crippen molar-refractivity contribution in [1.29, 1.82) is 0 Å². The van der Waals surface area contributed by atoms with E-state index >= 15 is 0 Å². The Morgan fingerprint density at radius 2 is 2.00 bits per heavy atom. The smallest absolute Gasteiger partial charge is 0.329 e. The highest BCUT2D eigenvalue weighted by molar-refractivity contribution is 5.60. The van der Waals surface area contributed by atoms with Crippen molar-refractivity contribution in [3.63, 3.8) is 0 Å². The number of rotatable bonds is 7. The summed E-state index contributed by atoms with van der Waals surface area (Å²) in [4.78, 5) is 18.4. The van der Waals surface area contributed by atoms with Gasteiger partial charge in [-0.3, -0.25) is 10.1 Å². The van der Waals surface area contributed by atoms with Crippen LogP contribution in [0.4, 0.5) is 23.1 Å². The number of nitrogens with one attached hydrogen (secondary N) is 2. The molecule has 7 heteroatoms. The summed E-state index contributed by atoms with van der Waals surface area (Å²) in [5.74, 6) is 0.498. The molecule has 1 aromatic carbocycles. The van der Waals surface area contributed by atoms with Crippen molar-refractivity contribution in [2.24, 2.45) is 0 Å². The van der Waals surface area contributed by atoms with Crippen molar-refractivity contribution in [2.45, 2.75) is 26.2 Å². The molecule has 0 aliphatic rings. The number of hydrogen-bond donors (Lipinski definition) is 2. The Labute approximate surface area is 129 Å². The molecular weight excluding hydrogens is 282 g/mol. The molecule has 2 rings (SSSR count). The van der Waals surface area contributed by atoms with E-state index in [1.54, 1.807) is 7.05 Å². The van der Waals surface area contributed by atoms with E-state index in [9.17, 15) is 10.1 Å². The Morgan fingerprint density at radius 1 is 1.27 bits per heavy atom. The van der Waals surface area contributed by atoms with Gasteiger partial charge in [0.25, 0.3) is 0 Å². The van der Waals surface area contributed by atoms with E-state index in [-0.39, 0.29) is 11.5 Å². The molecule has 2 N–H and O–H groups in total. The lowest BCUT2D eigenvalue weighted by Gasteiger charge is -2.07. The van der Waals surface area contributed by atoms with Crippen LogP contribution in [-0.2, 0) is 6.42 Å². The molecule has 0 radical (unpaired) electrons. The van der Waals surface area contributed by atoms with Gasteiger partial charge in [-0.05, 0) is 30.5 Å². The van der Waals surface area contributed by atoms with Crippen LogP contribution in [0.1, 0.15) is 25.3 Å². The van der Waals surface area contributed by atoms with Crippen LogP contribution in [0, 0.1) is 10.1 Å². The minimum Gasteiger partial charge on any atom is -0.367 e. The topological polar surface area (TPSA) is 93.0 Å². The maximum absolute atomic E-state index is 10.8. The molecule has 0 saturated heterocycles. The van der Waals surface area contributed by atoms with Crippen LogP contribution in [0.3, 0.4) is 0 Å². The minimum atomic E-state index is -0.516. The number of benzene rings is 1. The summed E-state index contributed by atoms with van der Waals surface area (Å²) < 4.78 is 0. The summed E-state index contributed by atoms with van der Waals surface area (Å²) in [6.45, 7) is 2.17. The van der Waals surface area contributed by atoms with Crippen LogP contribution in [0.25, 0.3) is 0 Å². The zero-order chi connectivity index (χ0) is 15.9. The molecule has 0 aliphatic heterocycles. The lowest BCUT2D eigenvalue weighted by Crippen LogP contribution is -2.04. The third kappa shape index (κ3) is 3.91. The Hall–Kier alpha value is -2.70. The van der Waals surface area contributed by atoms with Crippen LogP contribution in [-0.4, -0.2) is 21.9 Å². The minimum absolute atomic E-state index is 0.150. The van der Waals surface area contributed by atoms with Gasteiger partial charge in [0, 0.05) is 12.7 Å². The standard InChI is InChI=1S/C15H19N5O2/c1-3-4-5-11-6-8-12(9-7-11)18-15-17-10-13(20(21)22)14(16-2)19-15/h6-10H,3-5H2,1-2H3,(H2,16,17,18,19). The number of aryl methyl sites for hydroxylation is 1. The van der Waals surface area contributed by atoms with E-state index in [2.05, 4.69) is 39.7 Å². The molecule has 0 spiro atoms. The lowest BCUT2D eigenvalue weighted by molar-refractivity contribution is -0.384. The SMILES string of the molecule is CCCCc1ccc(Nc2ncc([N+](=O)[O-])c(NC)n2)cc1. The number of unbranched alkanes of at least 4 members (excludes halogenated alkanes) is 1. The van der Waals surface area contributed by atoms with Crippen molar-refractivity contribution in [2.75, 3.05) is 17.7 Å². The predicted octanol–water partition coefficient (Wildman–Crippen LogP) is 3.51. The molecule has 22 heavy (non-hydrogen) atoms. The van der Waals surface area contributed by atoms with Gasteiger partial charge in [-0.25, -0.2) is 4.98 Å². The first-order valence-corrected chi connectivity index (χ1v) is 7.19. The van der Waals surface area contributed by atoms with Gasteiger partial charge < -0.3 is 10.6 Å². The Morgan fingerprint density at radius 3 is 2.59 bits per heavy atom. The summed E-state index contributed by atoms with van der Waals surface area (Å²) in [6.07, 6.45) is 4.60. The normalized spacial score (nSPS) is 10.3. The van der Waals surface area contributed by atoms with Gasteiger partial charge in [-0.15, -0.1) is 0 Å². The van der Waals surface area contributed by atoms with Crippen LogP contribution in [0.2, 0.25) is 0 Å². The van der Waals surface area contributed by atoms with Crippen LogP contribution < -0.4 is 10.6 Å². The monoisotopic (exact) mass is 301 g/mol. The zero-order valence-corrected chi connectivity index (χ0v) is 12.7. The Kier molecular flexibility index (Phi) is 5.24. The van der Waals surface area contributed by atoms with E-state index < -0.39 is 4.92 Å². The summed E-state index contributed by atoms with van der Waals surface area (Å²) in [6, 6.07) is 8.02. The molecule has 0 amide bonds. The maximum atomic E-state index is 10.8. The van der Waals surface area contributed by atoms with Gasteiger partial charge in [-0.1, -0.05) is 25.5 Å². The third-order valence-electron chi connectivity index (χ3n) is 3.23. The van der Waals surface area contributed by atoms with Gasteiger partial charge >= 0.3 is 5.69 Å². The van der Waals surface area contributed by atoms with E-state index in [0.717, 1.165) is 12.1 Å². The first-order chi connectivity index (χ1) is 10.6. The molecule has 0 bridgehead atoms. The predicted molar refractivity (Wildman–Crippen MR) is 86.6 cm³/mol. The van der Waals surface area contributed by atoms with Crippen LogP contribution >= 0.6 is 0 Å². The van der Waals surface area contributed by atoms with Crippen molar-refractivity contribution < 1.29 is 4.92 Å². The third-order valence-corrected chi connectivity index (χ3v) is 3.23. The quantitative estimate of drug-likeness (QED) is 0.600. The number of anilines is 3. The molecule has 7 nitrogen and oxygen atoms in total. The Balaban J connectivity index is 2.11. The summed E-state index contributed by atoms with van der Waals surface area (Å²) in [5.41, 5.74) is 1.98. The van der Waals surface area contributed by atoms with E-state index in [0.29, 0.717) is 5.95 Å². The molecule has 2 aromatic rings. The summed E-state index contributed by atoms with van der Waals surface area (Å²) >= 11 is 0. The molecule has 0 unspecified atom stereocenters. The van der Waals surface area contributed by atoms with E-state index in [4.69, 9.17) is 0 Å². The first-order valence-electron chi connectivity index (χ1n) is 7.19. The summed E-state index contributed by atoms with van der Waals surface area (Å²) in [5, 5.41) is 16.6. The molecule has 0 fully saturated rings. The molecule has 0 aliphatic carbocycles. The maximum Gasteiger partial charge on any atom is 0.329 e. The summed E-state index contributed by atoms with van der Waals surface area (Å²) in [7, 11) is 1.58. The molecule has 0 atom stereocenters. The second-order valence-electron chi connectivity index (χ2n) is 4.86. The molecular formula is C15H19N5O2. The van der Waals surface area contributed by atoms with Crippen molar-refractivity contribution in [3.8, 4) is 0 Å². The number of nitrogens with zero attached hydrogens (tertiary/aromatic N) is 3. The van der Waals surface area contributed by atoms with E-state index in [1.807, 2.05) is 12.1 Å². The fraction of sp³-hybridized carbons (Fsp3) is 0.333. The Bertz CT molecular complexity index is 643. The molecule has 1 heterocycles.